The Morgan fingerprint density at radius 1 is 1.38 bits per heavy atom. The van der Waals surface area contributed by atoms with Crippen molar-refractivity contribution in [2.24, 2.45) is 11.1 Å². The number of amides is 1. The minimum Gasteiger partial charge on any atom is -0.468 e. The Morgan fingerprint density at radius 3 is 2.79 bits per heavy atom. The Morgan fingerprint density at radius 2 is 2.12 bits per heavy atom. The van der Waals surface area contributed by atoms with Gasteiger partial charge in [0.15, 0.2) is 0 Å². The summed E-state index contributed by atoms with van der Waals surface area (Å²) in [4.78, 5) is 23.8. The number of methoxy groups -OCH3 is 1. The lowest BCUT2D eigenvalue weighted by molar-refractivity contribution is -0.137. The second-order valence-corrected chi connectivity index (χ2v) is 6.81. The summed E-state index contributed by atoms with van der Waals surface area (Å²) in [5, 5.41) is 2.98. The molecule has 2 rings (SSSR count). The predicted molar refractivity (Wildman–Crippen MR) is 94.8 cm³/mol. The summed E-state index contributed by atoms with van der Waals surface area (Å²) < 4.78 is 9.96. The molecule has 1 amide bonds. The standard InChI is InChI=1S/C17H24N2O4S/c1-22-15(20)11-24-10-13-3-2-4-14(9-13)19-16(21)17(12-18)5-7-23-8-6-17/h2-4,9H,5-8,10-12,18H2,1H3,(H,19,21). The van der Waals surface area contributed by atoms with Gasteiger partial charge in [-0.15, -0.1) is 11.8 Å². The number of carbonyl (C=O) groups excluding carboxylic acids is 2. The number of esters is 1. The zero-order valence-electron chi connectivity index (χ0n) is 13.9. The first kappa shape index (κ1) is 18.8. The number of carbonyl (C=O) groups is 2. The van der Waals surface area contributed by atoms with Crippen LogP contribution in [0.5, 0.6) is 0 Å². The van der Waals surface area contributed by atoms with Crippen molar-refractivity contribution in [2.45, 2.75) is 18.6 Å². The van der Waals surface area contributed by atoms with Gasteiger partial charge in [0.1, 0.15) is 0 Å². The van der Waals surface area contributed by atoms with Gasteiger partial charge in [-0.25, -0.2) is 0 Å². The van der Waals surface area contributed by atoms with Crippen molar-refractivity contribution in [2.75, 3.05) is 37.9 Å². The summed E-state index contributed by atoms with van der Waals surface area (Å²) in [6.07, 6.45) is 1.29. The molecule has 6 nitrogen and oxygen atoms in total. The Labute approximate surface area is 146 Å². The lowest BCUT2D eigenvalue weighted by Gasteiger charge is -2.34. The van der Waals surface area contributed by atoms with Crippen molar-refractivity contribution in [1.82, 2.24) is 0 Å². The van der Waals surface area contributed by atoms with E-state index in [1.165, 1.54) is 18.9 Å². The number of nitrogens with one attached hydrogen (secondary N) is 1. The molecule has 132 valence electrons. The molecule has 0 bridgehead atoms. The Balaban J connectivity index is 1.95. The van der Waals surface area contributed by atoms with Gasteiger partial charge in [-0.2, -0.15) is 0 Å². The van der Waals surface area contributed by atoms with Crippen molar-refractivity contribution in [1.29, 1.82) is 0 Å². The molecule has 1 saturated heterocycles. The smallest absolute Gasteiger partial charge is 0.315 e. The van der Waals surface area contributed by atoms with Crippen LogP contribution in [0.3, 0.4) is 0 Å². The third kappa shape index (κ3) is 4.96. The average molecular weight is 352 g/mol. The van der Waals surface area contributed by atoms with E-state index in [2.05, 4.69) is 10.1 Å². The summed E-state index contributed by atoms with van der Waals surface area (Å²) in [5.74, 6) is 0.694. The van der Waals surface area contributed by atoms with E-state index in [0.29, 0.717) is 44.1 Å². The number of anilines is 1. The van der Waals surface area contributed by atoms with Gasteiger partial charge in [-0.1, -0.05) is 12.1 Å². The molecule has 0 radical (unpaired) electrons. The molecule has 1 aliphatic heterocycles. The lowest BCUT2D eigenvalue weighted by atomic mass is 9.79. The van der Waals surface area contributed by atoms with E-state index in [0.717, 1.165) is 11.3 Å². The molecule has 1 aromatic carbocycles. The van der Waals surface area contributed by atoms with Crippen LogP contribution in [-0.4, -0.2) is 44.5 Å². The predicted octanol–water partition coefficient (Wildman–Crippen LogP) is 1.79. The van der Waals surface area contributed by atoms with E-state index in [1.807, 2.05) is 24.3 Å². The zero-order chi connectivity index (χ0) is 17.4. The average Bonchev–Trinajstić information content (AvgIpc) is 2.62. The van der Waals surface area contributed by atoms with Crippen LogP contribution in [0, 0.1) is 5.41 Å². The van der Waals surface area contributed by atoms with Crippen LogP contribution in [0.2, 0.25) is 0 Å². The molecular weight excluding hydrogens is 328 g/mol. The molecule has 0 saturated carbocycles. The van der Waals surface area contributed by atoms with Gasteiger partial charge in [-0.05, 0) is 30.5 Å². The first-order chi connectivity index (χ1) is 11.6. The van der Waals surface area contributed by atoms with Crippen molar-refractivity contribution in [3.63, 3.8) is 0 Å². The number of ether oxygens (including phenoxy) is 2. The van der Waals surface area contributed by atoms with Crippen LogP contribution in [0.15, 0.2) is 24.3 Å². The molecule has 0 unspecified atom stereocenters. The first-order valence-corrected chi connectivity index (χ1v) is 9.08. The van der Waals surface area contributed by atoms with Crippen LogP contribution < -0.4 is 11.1 Å². The quantitative estimate of drug-likeness (QED) is 0.727. The van der Waals surface area contributed by atoms with Crippen LogP contribution in [0.1, 0.15) is 18.4 Å². The van der Waals surface area contributed by atoms with Crippen molar-refractivity contribution in [3.8, 4) is 0 Å². The van der Waals surface area contributed by atoms with Crippen molar-refractivity contribution in [3.05, 3.63) is 29.8 Å². The third-order valence-corrected chi connectivity index (χ3v) is 5.20. The molecule has 1 fully saturated rings. The maximum atomic E-state index is 12.7. The van der Waals surface area contributed by atoms with E-state index in [9.17, 15) is 9.59 Å². The summed E-state index contributed by atoms with van der Waals surface area (Å²) >= 11 is 1.47. The lowest BCUT2D eigenvalue weighted by Crippen LogP contribution is -2.46. The van der Waals surface area contributed by atoms with Crippen LogP contribution in [-0.2, 0) is 24.8 Å². The molecule has 0 aromatic heterocycles. The highest BCUT2D eigenvalue weighted by Gasteiger charge is 2.38. The van der Waals surface area contributed by atoms with Crippen LogP contribution in [0.4, 0.5) is 5.69 Å². The Kier molecular flexibility index (Phi) is 7.08. The highest BCUT2D eigenvalue weighted by molar-refractivity contribution is 7.99. The van der Waals surface area contributed by atoms with E-state index >= 15 is 0 Å². The van der Waals surface area contributed by atoms with Gasteiger partial charge in [0.2, 0.25) is 5.91 Å². The molecule has 7 heteroatoms. The van der Waals surface area contributed by atoms with Gasteiger partial charge < -0.3 is 20.5 Å². The first-order valence-electron chi connectivity index (χ1n) is 7.92. The van der Waals surface area contributed by atoms with Gasteiger partial charge >= 0.3 is 5.97 Å². The Hall–Kier alpha value is -1.57. The maximum absolute atomic E-state index is 12.7. The van der Waals surface area contributed by atoms with E-state index in [-0.39, 0.29) is 11.9 Å². The van der Waals surface area contributed by atoms with Gasteiger partial charge in [-0.3, -0.25) is 9.59 Å². The maximum Gasteiger partial charge on any atom is 0.315 e. The SMILES string of the molecule is COC(=O)CSCc1cccc(NC(=O)C2(CN)CCOCC2)c1. The normalized spacial score (nSPS) is 16.4. The monoisotopic (exact) mass is 352 g/mol. The summed E-state index contributed by atoms with van der Waals surface area (Å²) in [6.45, 7) is 1.44. The molecule has 1 aliphatic rings. The molecule has 0 spiro atoms. The minimum absolute atomic E-state index is 0.0485. The molecule has 1 heterocycles. The van der Waals surface area contributed by atoms with Gasteiger partial charge in [0.05, 0.1) is 18.3 Å². The second-order valence-electron chi connectivity index (χ2n) is 5.82. The molecule has 1 aromatic rings. The minimum atomic E-state index is -0.548. The number of rotatable bonds is 7. The van der Waals surface area contributed by atoms with Crippen LogP contribution in [0.25, 0.3) is 0 Å². The summed E-state index contributed by atoms with van der Waals surface area (Å²) in [7, 11) is 1.38. The summed E-state index contributed by atoms with van der Waals surface area (Å²) in [6, 6.07) is 7.64. The molecule has 3 N–H and O–H groups in total. The van der Waals surface area contributed by atoms with Gasteiger partial charge in [0.25, 0.3) is 0 Å². The van der Waals surface area contributed by atoms with Gasteiger partial charge in [0, 0.05) is 31.2 Å². The third-order valence-electron chi connectivity index (χ3n) is 4.22. The van der Waals surface area contributed by atoms with E-state index < -0.39 is 5.41 Å². The number of nitrogens with two attached hydrogens (primary N) is 1. The van der Waals surface area contributed by atoms with Crippen LogP contribution >= 0.6 is 11.8 Å². The fourth-order valence-corrected chi connectivity index (χ4v) is 3.40. The Bertz CT molecular complexity index is 573. The fraction of sp³-hybridized carbons (Fsp3) is 0.529. The number of hydrogen-bond acceptors (Lipinski definition) is 6. The topological polar surface area (TPSA) is 90.7 Å². The second kappa shape index (κ2) is 9.05. The highest BCUT2D eigenvalue weighted by atomic mass is 32.2. The van der Waals surface area contributed by atoms with E-state index in [4.69, 9.17) is 10.5 Å². The van der Waals surface area contributed by atoms with E-state index in [1.54, 1.807) is 0 Å². The highest BCUT2D eigenvalue weighted by Crippen LogP contribution is 2.31. The van der Waals surface area contributed by atoms with Crippen molar-refractivity contribution >= 4 is 29.3 Å². The molecule has 24 heavy (non-hydrogen) atoms. The molecular formula is C17H24N2O4S. The molecule has 0 atom stereocenters. The number of benzene rings is 1. The van der Waals surface area contributed by atoms with Crippen molar-refractivity contribution < 1.29 is 19.1 Å². The molecule has 0 aliphatic carbocycles. The zero-order valence-corrected chi connectivity index (χ0v) is 14.7. The number of hydrogen-bond donors (Lipinski definition) is 2. The fourth-order valence-electron chi connectivity index (χ4n) is 2.60. The summed E-state index contributed by atoms with van der Waals surface area (Å²) in [5.41, 5.74) is 7.10. The largest absolute Gasteiger partial charge is 0.468 e. The number of thioether (sulfide) groups is 1.